The predicted molar refractivity (Wildman–Crippen MR) is 179 cm³/mol. The van der Waals surface area contributed by atoms with Gasteiger partial charge < -0.3 is 15.3 Å². The van der Waals surface area contributed by atoms with Gasteiger partial charge in [0.05, 0.1) is 33.5 Å². The van der Waals surface area contributed by atoms with Gasteiger partial charge in [0.1, 0.15) is 11.6 Å². The zero-order chi connectivity index (χ0) is 28.8. The Morgan fingerprint density at radius 3 is 1.40 bits per heavy atom. The van der Waals surface area contributed by atoms with Crippen molar-refractivity contribution in [3.05, 3.63) is 166 Å². The lowest BCUT2D eigenvalue weighted by molar-refractivity contribution is 1.01. The first-order chi connectivity index (χ1) is 21.2. The summed E-state index contributed by atoms with van der Waals surface area (Å²) in [5.74, 6) is 1.43. The van der Waals surface area contributed by atoms with Gasteiger partial charge in [0.15, 0.2) is 0 Å². The molecule has 43 heavy (non-hydrogen) atoms. The van der Waals surface area contributed by atoms with Crippen LogP contribution in [0.4, 0.5) is 0 Å². The number of aromatic nitrogens is 4. The van der Waals surface area contributed by atoms with Gasteiger partial charge in [0.25, 0.3) is 0 Å². The number of dihydropyridines is 1. The van der Waals surface area contributed by atoms with Gasteiger partial charge in [-0.05, 0) is 53.1 Å². The summed E-state index contributed by atoms with van der Waals surface area (Å²) in [5.41, 5.74) is 11.3. The molecule has 6 heteroatoms. The van der Waals surface area contributed by atoms with Gasteiger partial charge in [-0.3, -0.25) is 0 Å². The molecule has 5 aromatic carbocycles. The van der Waals surface area contributed by atoms with E-state index in [0.717, 1.165) is 77.4 Å². The molecule has 0 spiro atoms. The number of aromatic amines is 2. The van der Waals surface area contributed by atoms with Crippen molar-refractivity contribution in [2.75, 3.05) is 0 Å². The second-order valence-corrected chi connectivity index (χ2v) is 11.5. The van der Waals surface area contributed by atoms with Crippen LogP contribution in [-0.4, -0.2) is 19.9 Å². The van der Waals surface area contributed by atoms with E-state index in [1.54, 1.807) is 0 Å². The Hall–Kier alpha value is -5.20. The van der Waals surface area contributed by atoms with Crippen LogP contribution in [-0.2, 0) is 0 Å². The number of nitrogens with zero attached hydrogens (tertiary/aromatic N) is 2. The van der Waals surface area contributed by atoms with E-state index in [9.17, 15) is 0 Å². The molecule has 0 fully saturated rings. The van der Waals surface area contributed by atoms with Crippen molar-refractivity contribution in [2.45, 2.75) is 5.92 Å². The fourth-order valence-corrected chi connectivity index (χ4v) is 6.28. The van der Waals surface area contributed by atoms with Crippen LogP contribution >= 0.6 is 15.9 Å². The highest BCUT2D eigenvalue weighted by Crippen LogP contribution is 2.50. The van der Waals surface area contributed by atoms with E-state index < -0.39 is 0 Å². The molecule has 3 N–H and O–H groups in total. The topological polar surface area (TPSA) is 69.4 Å². The minimum atomic E-state index is -0.208. The van der Waals surface area contributed by atoms with Crippen LogP contribution in [0.15, 0.2) is 138 Å². The van der Waals surface area contributed by atoms with Crippen LogP contribution in [0.3, 0.4) is 0 Å². The molecule has 3 heterocycles. The van der Waals surface area contributed by atoms with Gasteiger partial charge in [-0.25, -0.2) is 9.97 Å². The molecule has 8 rings (SSSR count). The fraction of sp³-hybridized carbons (Fsp3) is 0.0270. The maximum atomic E-state index is 5.16. The molecule has 0 atom stereocenters. The number of hydrogen-bond acceptors (Lipinski definition) is 3. The lowest BCUT2D eigenvalue weighted by Gasteiger charge is -2.34. The Morgan fingerprint density at radius 2 is 0.930 bits per heavy atom. The summed E-state index contributed by atoms with van der Waals surface area (Å²) in [6.07, 6.45) is 0. The average molecular weight is 621 g/mol. The van der Waals surface area contributed by atoms with E-state index in [4.69, 9.17) is 9.97 Å². The molecule has 0 amide bonds. The summed E-state index contributed by atoms with van der Waals surface area (Å²) in [4.78, 5) is 17.6. The molecule has 1 aliphatic heterocycles. The Kier molecular flexibility index (Phi) is 6.27. The number of benzene rings is 5. The molecule has 7 aromatic rings. The minimum absolute atomic E-state index is 0.208. The first-order valence-corrected chi connectivity index (χ1v) is 15.0. The monoisotopic (exact) mass is 619 g/mol. The molecule has 1 aliphatic rings. The number of H-pyrrole nitrogens is 2. The zero-order valence-electron chi connectivity index (χ0n) is 23.1. The Balaban J connectivity index is 1.49. The quantitative estimate of drug-likeness (QED) is 0.180. The number of fused-ring (bicyclic) bond motifs is 2. The molecular formula is C37H26BrN5. The van der Waals surface area contributed by atoms with Gasteiger partial charge >= 0.3 is 0 Å². The molecule has 0 bridgehead atoms. The maximum Gasteiger partial charge on any atom is 0.137 e. The van der Waals surface area contributed by atoms with E-state index in [-0.39, 0.29) is 5.92 Å². The van der Waals surface area contributed by atoms with Gasteiger partial charge in [-0.1, -0.05) is 113 Å². The van der Waals surface area contributed by atoms with Crippen molar-refractivity contribution in [3.63, 3.8) is 0 Å². The Morgan fingerprint density at radius 1 is 0.488 bits per heavy atom. The SMILES string of the molecule is Brc1ccc(C2C(c3nc4ccccc4[nH]3)=C(c3ccccc3)NC(c3ccccc3)=C2c2nc3ccccc3[nH]2)cc1. The van der Waals surface area contributed by atoms with E-state index >= 15 is 0 Å². The molecule has 206 valence electrons. The van der Waals surface area contributed by atoms with Crippen LogP contribution < -0.4 is 5.32 Å². The van der Waals surface area contributed by atoms with Crippen molar-refractivity contribution < 1.29 is 0 Å². The van der Waals surface area contributed by atoms with E-state index in [0.29, 0.717) is 0 Å². The summed E-state index contributed by atoms with van der Waals surface area (Å²) in [7, 11) is 0. The van der Waals surface area contributed by atoms with Crippen LogP contribution in [0.2, 0.25) is 0 Å². The average Bonchev–Trinajstić information content (AvgIpc) is 3.69. The summed E-state index contributed by atoms with van der Waals surface area (Å²) in [5, 5.41) is 3.91. The van der Waals surface area contributed by atoms with Gasteiger partial charge in [-0.15, -0.1) is 0 Å². The van der Waals surface area contributed by atoms with E-state index in [1.165, 1.54) is 0 Å². The first kappa shape index (κ1) is 25.5. The lowest BCUT2D eigenvalue weighted by atomic mass is 9.77. The molecule has 0 aliphatic carbocycles. The third-order valence-corrected chi connectivity index (χ3v) is 8.51. The van der Waals surface area contributed by atoms with Crippen molar-refractivity contribution in [3.8, 4) is 0 Å². The molecule has 0 saturated heterocycles. The van der Waals surface area contributed by atoms with Crippen LogP contribution in [0.25, 0.3) is 44.6 Å². The number of para-hydroxylation sites is 4. The largest absolute Gasteiger partial charge is 0.354 e. The van der Waals surface area contributed by atoms with Crippen molar-refractivity contribution in [2.24, 2.45) is 0 Å². The van der Waals surface area contributed by atoms with Crippen LogP contribution in [0, 0.1) is 0 Å². The number of allylic oxidation sites excluding steroid dienone is 2. The second kappa shape index (κ2) is 10.6. The van der Waals surface area contributed by atoms with Gasteiger partial charge in [0, 0.05) is 21.5 Å². The Bertz CT molecular complexity index is 1960. The van der Waals surface area contributed by atoms with Crippen LogP contribution in [0.5, 0.6) is 0 Å². The van der Waals surface area contributed by atoms with Crippen molar-refractivity contribution >= 4 is 60.5 Å². The maximum absolute atomic E-state index is 5.16. The second-order valence-electron chi connectivity index (χ2n) is 10.6. The Labute approximate surface area is 257 Å². The van der Waals surface area contributed by atoms with E-state index in [1.807, 2.05) is 48.5 Å². The number of nitrogens with one attached hydrogen (secondary N) is 3. The first-order valence-electron chi connectivity index (χ1n) is 14.2. The number of hydrogen-bond donors (Lipinski definition) is 3. The standard InChI is InChI=1S/C37H26BrN5/c38-26-21-19-23(20-22-26)31-32(36-39-27-15-7-8-16-28(27)40-36)34(24-11-3-1-4-12-24)43-35(25-13-5-2-6-14-25)33(31)37-41-29-17-9-10-18-30(29)42-37/h1-22,31,43H,(H,39,40)(H,41,42). The molecular weight excluding hydrogens is 594 g/mol. The highest BCUT2D eigenvalue weighted by Gasteiger charge is 2.37. The number of rotatable bonds is 5. The van der Waals surface area contributed by atoms with E-state index in [2.05, 4.69) is 116 Å². The lowest BCUT2D eigenvalue weighted by Crippen LogP contribution is -2.25. The third kappa shape index (κ3) is 4.57. The van der Waals surface area contributed by atoms with Gasteiger partial charge in [0.2, 0.25) is 0 Å². The molecule has 0 saturated carbocycles. The summed E-state index contributed by atoms with van der Waals surface area (Å²) in [6.45, 7) is 0. The minimum Gasteiger partial charge on any atom is -0.354 e. The summed E-state index contributed by atoms with van der Waals surface area (Å²) in [6, 6.07) is 46.0. The zero-order valence-corrected chi connectivity index (χ0v) is 24.6. The molecule has 0 unspecified atom stereocenters. The number of imidazole rings is 2. The van der Waals surface area contributed by atoms with Crippen molar-refractivity contribution in [1.82, 2.24) is 25.3 Å². The number of halogens is 1. The summed E-state index contributed by atoms with van der Waals surface area (Å²) >= 11 is 3.66. The highest BCUT2D eigenvalue weighted by molar-refractivity contribution is 9.10. The predicted octanol–water partition coefficient (Wildman–Crippen LogP) is 9.03. The van der Waals surface area contributed by atoms with Crippen LogP contribution in [0.1, 0.15) is 34.3 Å². The molecule has 0 radical (unpaired) electrons. The summed E-state index contributed by atoms with van der Waals surface area (Å²) < 4.78 is 1.03. The fourth-order valence-electron chi connectivity index (χ4n) is 6.02. The molecule has 5 nitrogen and oxygen atoms in total. The normalized spacial score (nSPS) is 14.1. The van der Waals surface area contributed by atoms with Crippen molar-refractivity contribution in [1.29, 1.82) is 0 Å². The molecule has 2 aromatic heterocycles. The smallest absolute Gasteiger partial charge is 0.137 e. The van der Waals surface area contributed by atoms with Gasteiger partial charge in [-0.2, -0.15) is 0 Å². The third-order valence-electron chi connectivity index (χ3n) is 7.98. The highest BCUT2D eigenvalue weighted by atomic mass is 79.9.